The molecule has 3 heterocycles. The molecule has 2 aliphatic rings. The van der Waals surface area contributed by atoms with Crippen molar-refractivity contribution in [3.05, 3.63) is 21.9 Å². The van der Waals surface area contributed by atoms with Crippen LogP contribution in [-0.4, -0.2) is 35.7 Å². The van der Waals surface area contributed by atoms with Crippen molar-refractivity contribution in [3.8, 4) is 0 Å². The van der Waals surface area contributed by atoms with E-state index in [-0.39, 0.29) is 11.1 Å². The summed E-state index contributed by atoms with van der Waals surface area (Å²) >= 11 is 1.91. The summed E-state index contributed by atoms with van der Waals surface area (Å²) in [6.07, 6.45) is 4.34. The van der Waals surface area contributed by atoms with E-state index in [4.69, 9.17) is 10.5 Å². The highest BCUT2D eigenvalue weighted by Gasteiger charge is 2.47. The van der Waals surface area contributed by atoms with Gasteiger partial charge in [-0.25, -0.2) is 0 Å². The fourth-order valence-electron chi connectivity index (χ4n) is 4.24. The van der Waals surface area contributed by atoms with E-state index in [9.17, 15) is 0 Å². The van der Waals surface area contributed by atoms with Crippen LogP contribution in [0.4, 0.5) is 0 Å². The molecule has 0 bridgehead atoms. The largest absolute Gasteiger partial charge is 0.375 e. The highest BCUT2D eigenvalue weighted by molar-refractivity contribution is 7.10. The van der Waals surface area contributed by atoms with Crippen molar-refractivity contribution in [2.24, 2.45) is 5.73 Å². The molecular weight excluding hydrogens is 280 g/mol. The van der Waals surface area contributed by atoms with Gasteiger partial charge in [-0.05, 0) is 56.5 Å². The summed E-state index contributed by atoms with van der Waals surface area (Å²) in [6.45, 7) is 9.52. The normalized spacial score (nSPS) is 37.4. The van der Waals surface area contributed by atoms with Gasteiger partial charge in [0.2, 0.25) is 0 Å². The Labute approximate surface area is 132 Å². The van der Waals surface area contributed by atoms with E-state index in [0.717, 1.165) is 39.0 Å². The number of ether oxygens (including phenoxy) is 1. The van der Waals surface area contributed by atoms with Crippen molar-refractivity contribution in [1.29, 1.82) is 0 Å². The summed E-state index contributed by atoms with van der Waals surface area (Å²) in [6, 6.07) is 2.78. The fourth-order valence-corrected chi connectivity index (χ4v) is 5.21. The molecule has 3 rings (SSSR count). The van der Waals surface area contributed by atoms with Gasteiger partial charge < -0.3 is 10.5 Å². The van der Waals surface area contributed by atoms with Crippen molar-refractivity contribution in [1.82, 2.24) is 4.90 Å². The van der Waals surface area contributed by atoms with E-state index in [1.54, 1.807) is 4.88 Å². The predicted molar refractivity (Wildman–Crippen MR) is 88.8 cm³/mol. The Bertz CT molecular complexity index is 503. The monoisotopic (exact) mass is 308 g/mol. The van der Waals surface area contributed by atoms with E-state index in [1.807, 2.05) is 11.3 Å². The molecule has 1 aromatic rings. The maximum absolute atomic E-state index is 6.31. The number of fused-ring (bicyclic) bond motifs is 1. The Morgan fingerprint density at radius 3 is 3.05 bits per heavy atom. The molecule has 1 fully saturated rings. The van der Waals surface area contributed by atoms with Crippen molar-refractivity contribution in [2.75, 3.05) is 19.7 Å². The summed E-state index contributed by atoms with van der Waals surface area (Å²) in [5.41, 5.74) is 7.90. The molecule has 3 unspecified atom stereocenters. The molecule has 2 aliphatic heterocycles. The SMILES string of the molecule is CCC1(C)CC(CN)(N2CCc3sccc3C2C)CCO1. The summed E-state index contributed by atoms with van der Waals surface area (Å²) in [4.78, 5) is 4.25. The standard InChI is InChI=1S/C17H28N2OS/c1-4-16(3)11-17(12-18,7-9-20-16)19-8-5-15-14(13(19)2)6-10-21-15/h6,10,13H,4-5,7-9,11-12,18H2,1-3H3. The van der Waals surface area contributed by atoms with Crippen molar-refractivity contribution >= 4 is 11.3 Å². The zero-order chi connectivity index (χ0) is 15.1. The summed E-state index contributed by atoms with van der Waals surface area (Å²) in [5, 5.41) is 2.24. The lowest BCUT2D eigenvalue weighted by Crippen LogP contribution is -2.62. The Morgan fingerprint density at radius 1 is 1.52 bits per heavy atom. The lowest BCUT2D eigenvalue weighted by molar-refractivity contribution is -0.137. The van der Waals surface area contributed by atoms with Gasteiger partial charge in [0.15, 0.2) is 0 Å². The molecule has 4 heteroatoms. The Morgan fingerprint density at radius 2 is 2.33 bits per heavy atom. The molecule has 0 amide bonds. The number of hydrogen-bond donors (Lipinski definition) is 1. The lowest BCUT2D eigenvalue weighted by Gasteiger charge is -2.54. The van der Waals surface area contributed by atoms with Crippen molar-refractivity contribution in [3.63, 3.8) is 0 Å². The molecule has 1 saturated heterocycles. The Kier molecular flexibility index (Phi) is 4.17. The molecule has 21 heavy (non-hydrogen) atoms. The first-order valence-electron chi connectivity index (χ1n) is 8.21. The third-order valence-corrected chi connectivity index (χ3v) is 6.73. The van der Waals surface area contributed by atoms with Gasteiger partial charge in [-0.1, -0.05) is 6.92 Å². The second-order valence-electron chi connectivity index (χ2n) is 6.93. The van der Waals surface area contributed by atoms with E-state index >= 15 is 0 Å². The minimum absolute atomic E-state index is 0.0216. The Hall–Kier alpha value is -0.420. The fraction of sp³-hybridized carbons (Fsp3) is 0.765. The van der Waals surface area contributed by atoms with Gasteiger partial charge in [-0.3, -0.25) is 4.90 Å². The van der Waals surface area contributed by atoms with Crippen LogP contribution in [0.25, 0.3) is 0 Å². The summed E-state index contributed by atoms with van der Waals surface area (Å²) in [5.74, 6) is 0. The van der Waals surface area contributed by atoms with Crippen LogP contribution < -0.4 is 5.73 Å². The molecule has 3 nitrogen and oxygen atoms in total. The highest BCUT2D eigenvalue weighted by Crippen LogP contribution is 2.44. The first kappa shape index (κ1) is 15.5. The maximum Gasteiger partial charge on any atom is 0.0670 e. The van der Waals surface area contributed by atoms with Gasteiger partial charge in [0.1, 0.15) is 0 Å². The number of nitrogens with zero attached hydrogens (tertiary/aromatic N) is 1. The predicted octanol–water partition coefficient (Wildman–Crippen LogP) is 3.34. The van der Waals surface area contributed by atoms with Gasteiger partial charge in [0.05, 0.1) is 5.60 Å². The Balaban J connectivity index is 1.90. The van der Waals surface area contributed by atoms with Crippen LogP contribution in [0.1, 0.15) is 56.5 Å². The molecule has 0 saturated carbocycles. The van der Waals surface area contributed by atoms with Crippen LogP contribution in [-0.2, 0) is 11.2 Å². The molecule has 118 valence electrons. The lowest BCUT2D eigenvalue weighted by atomic mass is 9.76. The first-order chi connectivity index (χ1) is 10.0. The minimum atomic E-state index is -0.0216. The topological polar surface area (TPSA) is 38.5 Å². The van der Waals surface area contributed by atoms with E-state index < -0.39 is 0 Å². The van der Waals surface area contributed by atoms with Crippen LogP contribution >= 0.6 is 11.3 Å². The van der Waals surface area contributed by atoms with Gasteiger partial charge in [-0.15, -0.1) is 11.3 Å². The molecule has 2 N–H and O–H groups in total. The summed E-state index contributed by atoms with van der Waals surface area (Å²) in [7, 11) is 0. The second kappa shape index (κ2) is 5.65. The molecule has 0 radical (unpaired) electrons. The smallest absolute Gasteiger partial charge is 0.0670 e. The van der Waals surface area contributed by atoms with Gasteiger partial charge >= 0.3 is 0 Å². The zero-order valence-corrected chi connectivity index (χ0v) is 14.3. The zero-order valence-electron chi connectivity index (χ0n) is 13.5. The van der Waals surface area contributed by atoms with Crippen LogP contribution in [0.2, 0.25) is 0 Å². The minimum Gasteiger partial charge on any atom is -0.375 e. The molecule has 3 atom stereocenters. The second-order valence-corrected chi connectivity index (χ2v) is 7.93. The van der Waals surface area contributed by atoms with Gasteiger partial charge in [0, 0.05) is 36.2 Å². The van der Waals surface area contributed by atoms with E-state index in [1.165, 1.54) is 12.0 Å². The molecule has 0 aromatic carbocycles. The molecule has 0 aliphatic carbocycles. The molecule has 1 aromatic heterocycles. The van der Waals surface area contributed by atoms with Crippen LogP contribution in [0.3, 0.4) is 0 Å². The number of rotatable bonds is 3. The third-order valence-electron chi connectivity index (χ3n) is 5.74. The average molecular weight is 308 g/mol. The third kappa shape index (κ3) is 2.56. The van der Waals surface area contributed by atoms with Crippen molar-refractivity contribution < 1.29 is 4.74 Å². The van der Waals surface area contributed by atoms with Crippen LogP contribution in [0.15, 0.2) is 11.4 Å². The quantitative estimate of drug-likeness (QED) is 0.930. The van der Waals surface area contributed by atoms with Crippen LogP contribution in [0, 0.1) is 0 Å². The number of hydrogen-bond acceptors (Lipinski definition) is 4. The van der Waals surface area contributed by atoms with Gasteiger partial charge in [0.25, 0.3) is 0 Å². The number of nitrogens with two attached hydrogens (primary N) is 1. The van der Waals surface area contributed by atoms with Crippen molar-refractivity contribution in [2.45, 2.75) is 63.6 Å². The summed E-state index contributed by atoms with van der Waals surface area (Å²) < 4.78 is 6.07. The van der Waals surface area contributed by atoms with Gasteiger partial charge in [-0.2, -0.15) is 0 Å². The number of thiophene rings is 1. The van der Waals surface area contributed by atoms with E-state index in [0.29, 0.717) is 6.04 Å². The average Bonchev–Trinajstić information content (AvgIpc) is 2.97. The molecular formula is C17H28N2OS. The van der Waals surface area contributed by atoms with E-state index in [2.05, 4.69) is 37.1 Å². The maximum atomic E-state index is 6.31. The highest BCUT2D eigenvalue weighted by atomic mass is 32.1. The molecule has 0 spiro atoms. The van der Waals surface area contributed by atoms with Crippen LogP contribution in [0.5, 0.6) is 0 Å². The first-order valence-corrected chi connectivity index (χ1v) is 9.09.